The number of nitrogens with zero attached hydrogens (tertiary/aromatic N) is 2. The normalized spacial score (nSPS) is 16.9. The molecule has 0 radical (unpaired) electrons. The first-order valence-electron chi connectivity index (χ1n) is 7.78. The predicted molar refractivity (Wildman–Crippen MR) is 89.8 cm³/mol. The van der Waals surface area contributed by atoms with Crippen LogP contribution in [0.2, 0.25) is 0 Å². The maximum atomic E-state index is 12.4. The maximum absolute atomic E-state index is 12.4. The zero-order chi connectivity index (χ0) is 15.2. The molecule has 4 heteroatoms. The first kappa shape index (κ1) is 16.4. The fraction of sp³-hybridized carbons (Fsp3) is 0.588. The molecule has 0 spiro atoms. The van der Waals surface area contributed by atoms with Crippen molar-refractivity contribution in [3.8, 4) is 0 Å². The van der Waals surface area contributed by atoms with Crippen LogP contribution in [0.4, 0.5) is 0 Å². The van der Waals surface area contributed by atoms with Gasteiger partial charge in [-0.05, 0) is 37.9 Å². The summed E-state index contributed by atoms with van der Waals surface area (Å²) in [6.07, 6.45) is 2.20. The van der Waals surface area contributed by atoms with Crippen molar-refractivity contribution in [3.63, 3.8) is 0 Å². The number of benzene rings is 1. The molecule has 0 aliphatic carbocycles. The standard InChI is InChI=1S/C17H26N2OS/c1-4-19-11-9-15(10-12-19)18(3)17(20)13-21-16-8-6-5-7-14(16)2/h5-8,15H,4,9-13H2,1-3H3. The van der Waals surface area contributed by atoms with Crippen molar-refractivity contribution in [2.75, 3.05) is 32.4 Å². The van der Waals surface area contributed by atoms with E-state index in [2.05, 4.69) is 30.9 Å². The molecule has 1 amide bonds. The number of likely N-dealkylation sites (tertiary alicyclic amines) is 1. The van der Waals surface area contributed by atoms with Gasteiger partial charge >= 0.3 is 0 Å². The van der Waals surface area contributed by atoms with Crippen LogP contribution in [0.5, 0.6) is 0 Å². The lowest BCUT2D eigenvalue weighted by Gasteiger charge is -2.36. The second-order valence-electron chi connectivity index (χ2n) is 5.72. The molecule has 0 unspecified atom stereocenters. The topological polar surface area (TPSA) is 23.6 Å². The van der Waals surface area contributed by atoms with Gasteiger partial charge in [-0.1, -0.05) is 25.1 Å². The Balaban J connectivity index is 1.82. The Hall–Kier alpha value is -1.00. The van der Waals surface area contributed by atoms with Gasteiger partial charge in [0, 0.05) is 31.1 Å². The Morgan fingerprint density at radius 1 is 1.33 bits per heavy atom. The van der Waals surface area contributed by atoms with E-state index in [4.69, 9.17) is 0 Å². The number of carbonyl (C=O) groups excluding carboxylic acids is 1. The average Bonchev–Trinajstić information content (AvgIpc) is 2.53. The lowest BCUT2D eigenvalue weighted by Crippen LogP contribution is -2.46. The summed E-state index contributed by atoms with van der Waals surface area (Å²) in [7, 11) is 1.97. The van der Waals surface area contributed by atoms with E-state index < -0.39 is 0 Å². The molecular formula is C17H26N2OS. The fourth-order valence-electron chi connectivity index (χ4n) is 2.79. The van der Waals surface area contributed by atoms with Crippen LogP contribution in [-0.4, -0.2) is 54.2 Å². The third-order valence-corrected chi connectivity index (χ3v) is 5.55. The molecular weight excluding hydrogens is 280 g/mol. The highest BCUT2D eigenvalue weighted by Gasteiger charge is 2.24. The molecule has 21 heavy (non-hydrogen) atoms. The number of aryl methyl sites for hydroxylation is 1. The summed E-state index contributed by atoms with van der Waals surface area (Å²) in [5.41, 5.74) is 1.24. The molecule has 0 N–H and O–H groups in total. The number of hydrogen-bond acceptors (Lipinski definition) is 3. The van der Waals surface area contributed by atoms with Gasteiger partial charge in [0.25, 0.3) is 0 Å². The van der Waals surface area contributed by atoms with Crippen LogP contribution in [0.15, 0.2) is 29.2 Å². The van der Waals surface area contributed by atoms with Gasteiger partial charge < -0.3 is 9.80 Å². The predicted octanol–water partition coefficient (Wildman–Crippen LogP) is 3.03. The van der Waals surface area contributed by atoms with Gasteiger partial charge in [0.05, 0.1) is 5.75 Å². The average molecular weight is 306 g/mol. The molecule has 0 aromatic heterocycles. The van der Waals surface area contributed by atoms with Gasteiger partial charge in [-0.2, -0.15) is 0 Å². The minimum Gasteiger partial charge on any atom is -0.342 e. The van der Waals surface area contributed by atoms with Crippen LogP contribution < -0.4 is 0 Å². The van der Waals surface area contributed by atoms with Crippen molar-refractivity contribution in [2.24, 2.45) is 0 Å². The molecule has 1 aliphatic heterocycles. The van der Waals surface area contributed by atoms with Gasteiger partial charge in [0.15, 0.2) is 0 Å². The van der Waals surface area contributed by atoms with Crippen LogP contribution in [0.3, 0.4) is 0 Å². The minimum absolute atomic E-state index is 0.248. The summed E-state index contributed by atoms with van der Waals surface area (Å²) in [5.74, 6) is 0.785. The van der Waals surface area contributed by atoms with Gasteiger partial charge in [-0.3, -0.25) is 4.79 Å². The second kappa shape index (κ2) is 7.85. The van der Waals surface area contributed by atoms with Crippen LogP contribution in [0, 0.1) is 6.92 Å². The first-order chi connectivity index (χ1) is 10.1. The van der Waals surface area contributed by atoms with E-state index in [-0.39, 0.29) is 5.91 Å². The van der Waals surface area contributed by atoms with Gasteiger partial charge in [-0.25, -0.2) is 0 Å². The molecule has 0 atom stereocenters. The van der Waals surface area contributed by atoms with Crippen LogP contribution in [0.25, 0.3) is 0 Å². The van der Waals surface area contributed by atoms with Crippen LogP contribution >= 0.6 is 11.8 Å². The Morgan fingerprint density at radius 2 is 2.00 bits per heavy atom. The molecule has 116 valence electrons. The van der Waals surface area contributed by atoms with Gasteiger partial charge in [-0.15, -0.1) is 11.8 Å². The molecule has 0 bridgehead atoms. The monoisotopic (exact) mass is 306 g/mol. The lowest BCUT2D eigenvalue weighted by molar-refractivity contribution is -0.129. The molecule has 1 aliphatic rings. The molecule has 1 aromatic carbocycles. The smallest absolute Gasteiger partial charge is 0.232 e. The van der Waals surface area contributed by atoms with Crippen molar-refractivity contribution in [3.05, 3.63) is 29.8 Å². The second-order valence-corrected chi connectivity index (χ2v) is 6.74. The van der Waals surface area contributed by atoms with E-state index in [9.17, 15) is 4.79 Å². The number of rotatable bonds is 5. The van der Waals surface area contributed by atoms with Crippen LogP contribution in [-0.2, 0) is 4.79 Å². The van der Waals surface area contributed by atoms with E-state index in [1.165, 1.54) is 10.5 Å². The van der Waals surface area contributed by atoms with E-state index in [0.717, 1.165) is 32.5 Å². The largest absolute Gasteiger partial charge is 0.342 e. The summed E-state index contributed by atoms with van der Waals surface area (Å²) in [4.78, 5) is 18.0. The van der Waals surface area contributed by atoms with Crippen LogP contribution in [0.1, 0.15) is 25.3 Å². The summed E-state index contributed by atoms with van der Waals surface area (Å²) in [6.45, 7) is 7.64. The molecule has 0 saturated carbocycles. The van der Waals surface area contributed by atoms with E-state index in [1.807, 2.05) is 24.1 Å². The molecule has 1 aromatic rings. The van der Waals surface area contributed by atoms with Gasteiger partial charge in [0.2, 0.25) is 5.91 Å². The van der Waals surface area contributed by atoms with E-state index in [1.54, 1.807) is 11.8 Å². The number of carbonyl (C=O) groups is 1. The number of hydrogen-bond donors (Lipinski definition) is 0. The lowest BCUT2D eigenvalue weighted by atomic mass is 10.0. The molecule has 1 saturated heterocycles. The van der Waals surface area contributed by atoms with Crippen molar-refractivity contribution in [2.45, 2.75) is 37.6 Å². The highest BCUT2D eigenvalue weighted by Crippen LogP contribution is 2.23. The third-order valence-electron chi connectivity index (χ3n) is 4.39. The summed E-state index contributed by atoms with van der Waals surface area (Å²) in [5, 5.41) is 0. The number of thioether (sulfide) groups is 1. The SMILES string of the molecule is CCN1CCC(N(C)C(=O)CSc2ccccc2C)CC1. The highest BCUT2D eigenvalue weighted by molar-refractivity contribution is 8.00. The third kappa shape index (κ3) is 4.48. The molecule has 3 nitrogen and oxygen atoms in total. The fourth-order valence-corrected chi connectivity index (χ4v) is 3.74. The zero-order valence-corrected chi connectivity index (χ0v) is 14.2. The summed E-state index contributed by atoms with van der Waals surface area (Å²) >= 11 is 1.65. The zero-order valence-electron chi connectivity index (χ0n) is 13.3. The Kier molecular flexibility index (Phi) is 6.12. The first-order valence-corrected chi connectivity index (χ1v) is 8.76. The number of amides is 1. The molecule has 1 fully saturated rings. The van der Waals surface area contributed by atoms with E-state index in [0.29, 0.717) is 11.8 Å². The quantitative estimate of drug-likeness (QED) is 0.781. The van der Waals surface area contributed by atoms with Gasteiger partial charge in [0.1, 0.15) is 0 Å². The molecule has 1 heterocycles. The Morgan fingerprint density at radius 3 is 2.62 bits per heavy atom. The number of piperidine rings is 1. The van der Waals surface area contributed by atoms with Crippen molar-refractivity contribution < 1.29 is 4.79 Å². The maximum Gasteiger partial charge on any atom is 0.232 e. The Labute approximate surface area is 132 Å². The van der Waals surface area contributed by atoms with Crippen molar-refractivity contribution in [1.82, 2.24) is 9.80 Å². The summed E-state index contributed by atoms with van der Waals surface area (Å²) in [6, 6.07) is 8.67. The molecule has 2 rings (SSSR count). The summed E-state index contributed by atoms with van der Waals surface area (Å²) < 4.78 is 0. The highest BCUT2D eigenvalue weighted by atomic mass is 32.2. The Bertz CT molecular complexity index is 470. The minimum atomic E-state index is 0.248. The van der Waals surface area contributed by atoms with E-state index >= 15 is 0 Å². The van der Waals surface area contributed by atoms with Crippen molar-refractivity contribution >= 4 is 17.7 Å². The van der Waals surface area contributed by atoms with Crippen molar-refractivity contribution in [1.29, 1.82) is 0 Å².